The number of hydrogen-bond acceptors (Lipinski definition) is 2. The van der Waals surface area contributed by atoms with Gasteiger partial charge in [0.05, 0.1) is 5.56 Å². The van der Waals surface area contributed by atoms with E-state index in [0.717, 1.165) is 12.0 Å². The fourth-order valence-corrected chi connectivity index (χ4v) is 1.87. The Labute approximate surface area is 107 Å². The summed E-state index contributed by atoms with van der Waals surface area (Å²) in [7, 11) is 0. The molecule has 0 saturated heterocycles. The Morgan fingerprint density at radius 1 is 1.44 bits per heavy atom. The van der Waals surface area contributed by atoms with Gasteiger partial charge in [-0.3, -0.25) is 0 Å². The monoisotopic (exact) mass is 238 g/mol. The van der Waals surface area contributed by atoms with Crippen LogP contribution in [0.15, 0.2) is 43.0 Å². The smallest absolute Gasteiger partial charge is 0.339 e. The van der Waals surface area contributed by atoms with E-state index in [1.54, 1.807) is 24.3 Å². The zero-order valence-electron chi connectivity index (χ0n) is 10.1. The highest BCUT2D eigenvalue weighted by Crippen LogP contribution is 2.27. The highest BCUT2D eigenvalue weighted by molar-refractivity contribution is 5.90. The molecule has 2 nitrogen and oxygen atoms in total. The molecule has 0 aromatic heterocycles. The van der Waals surface area contributed by atoms with Gasteiger partial charge in [-0.2, -0.15) is 0 Å². The van der Waals surface area contributed by atoms with Gasteiger partial charge < -0.3 is 4.74 Å². The highest BCUT2D eigenvalue weighted by atomic mass is 16.6. The topological polar surface area (TPSA) is 26.3 Å². The lowest BCUT2D eigenvalue weighted by Crippen LogP contribution is -2.29. The van der Waals surface area contributed by atoms with Gasteiger partial charge in [0.15, 0.2) is 5.60 Å². The molecule has 0 heterocycles. The Morgan fingerprint density at radius 3 is 2.67 bits per heavy atom. The first-order chi connectivity index (χ1) is 8.69. The van der Waals surface area contributed by atoms with Crippen LogP contribution in [0.25, 0.3) is 6.08 Å². The van der Waals surface area contributed by atoms with Gasteiger partial charge in [0, 0.05) is 6.42 Å². The Kier molecular flexibility index (Phi) is 3.34. The number of rotatable bonds is 3. The van der Waals surface area contributed by atoms with Crippen molar-refractivity contribution in [2.75, 3.05) is 0 Å². The van der Waals surface area contributed by atoms with E-state index in [0.29, 0.717) is 12.0 Å². The Morgan fingerprint density at radius 2 is 2.17 bits per heavy atom. The van der Waals surface area contributed by atoms with E-state index in [-0.39, 0.29) is 0 Å². The fraction of sp³-hybridized carbons (Fsp3) is 0.188. The van der Waals surface area contributed by atoms with Gasteiger partial charge in [0.1, 0.15) is 0 Å². The predicted molar refractivity (Wildman–Crippen MR) is 71.9 cm³/mol. The van der Waals surface area contributed by atoms with E-state index in [4.69, 9.17) is 11.2 Å². The van der Waals surface area contributed by atoms with E-state index in [1.807, 2.05) is 18.2 Å². The van der Waals surface area contributed by atoms with Crippen molar-refractivity contribution in [3.05, 3.63) is 54.1 Å². The second-order valence-corrected chi connectivity index (χ2v) is 4.19. The van der Waals surface area contributed by atoms with Gasteiger partial charge in [-0.25, -0.2) is 4.79 Å². The molecule has 0 radical (unpaired) electrons. The number of allylic oxidation sites excluding steroid dienone is 1. The standard InChI is InChI=1S/C16H14O2/c1-3-13-7-9-14(10-8-13)15(17)18-16(4-2)11-5-6-12-16/h2-3,5,7-11H,1,6,12H2. The molecule has 0 aliphatic heterocycles. The third kappa shape index (κ3) is 2.36. The first kappa shape index (κ1) is 12.2. The van der Waals surface area contributed by atoms with Crippen molar-refractivity contribution in [3.8, 4) is 12.3 Å². The van der Waals surface area contributed by atoms with Crippen LogP contribution in [-0.2, 0) is 4.74 Å². The molecule has 0 spiro atoms. The van der Waals surface area contributed by atoms with Crippen LogP contribution in [0.2, 0.25) is 0 Å². The Bertz CT molecular complexity index is 531. The number of carbonyl (C=O) groups excluding carboxylic acids is 1. The number of carbonyl (C=O) groups is 1. The number of terminal acetylenes is 1. The summed E-state index contributed by atoms with van der Waals surface area (Å²) in [5.74, 6) is 2.16. The summed E-state index contributed by atoms with van der Waals surface area (Å²) >= 11 is 0. The third-order valence-electron chi connectivity index (χ3n) is 2.97. The molecule has 0 N–H and O–H groups in total. The number of esters is 1. The molecule has 1 unspecified atom stereocenters. The van der Waals surface area contributed by atoms with Crippen molar-refractivity contribution >= 4 is 12.0 Å². The van der Waals surface area contributed by atoms with Crippen LogP contribution in [0.3, 0.4) is 0 Å². The molecular formula is C16H14O2. The molecule has 1 aliphatic carbocycles. The van der Waals surface area contributed by atoms with Crippen LogP contribution in [0.4, 0.5) is 0 Å². The molecule has 18 heavy (non-hydrogen) atoms. The van der Waals surface area contributed by atoms with Crippen LogP contribution >= 0.6 is 0 Å². The summed E-state index contributed by atoms with van der Waals surface area (Å²) < 4.78 is 5.42. The molecule has 2 heteroatoms. The van der Waals surface area contributed by atoms with Gasteiger partial charge in [-0.15, -0.1) is 6.42 Å². The lowest BCUT2D eigenvalue weighted by molar-refractivity contribution is 0.0235. The van der Waals surface area contributed by atoms with Crippen LogP contribution in [0.1, 0.15) is 28.8 Å². The van der Waals surface area contributed by atoms with E-state index >= 15 is 0 Å². The SMILES string of the molecule is C#CC1(OC(=O)c2ccc(C=C)cc2)C=CCC1. The minimum atomic E-state index is -0.867. The maximum atomic E-state index is 12.0. The lowest BCUT2D eigenvalue weighted by atomic mass is 10.0. The van der Waals surface area contributed by atoms with Crippen molar-refractivity contribution in [1.82, 2.24) is 0 Å². The van der Waals surface area contributed by atoms with Crippen molar-refractivity contribution in [2.24, 2.45) is 0 Å². The highest BCUT2D eigenvalue weighted by Gasteiger charge is 2.31. The number of ether oxygens (including phenoxy) is 1. The van der Waals surface area contributed by atoms with Crippen LogP contribution in [-0.4, -0.2) is 11.6 Å². The molecule has 1 aromatic rings. The second kappa shape index (κ2) is 4.93. The number of hydrogen-bond donors (Lipinski definition) is 0. The molecule has 2 rings (SSSR count). The molecule has 0 fully saturated rings. The van der Waals surface area contributed by atoms with Gasteiger partial charge in [0.2, 0.25) is 0 Å². The largest absolute Gasteiger partial charge is 0.438 e. The van der Waals surface area contributed by atoms with Crippen LogP contribution < -0.4 is 0 Å². The van der Waals surface area contributed by atoms with Gasteiger partial charge >= 0.3 is 5.97 Å². The van der Waals surface area contributed by atoms with Crippen LogP contribution in [0.5, 0.6) is 0 Å². The molecule has 1 atom stereocenters. The van der Waals surface area contributed by atoms with Gasteiger partial charge in [0.25, 0.3) is 0 Å². The third-order valence-corrected chi connectivity index (χ3v) is 2.97. The first-order valence-electron chi connectivity index (χ1n) is 5.80. The fourth-order valence-electron chi connectivity index (χ4n) is 1.87. The quantitative estimate of drug-likeness (QED) is 0.459. The summed E-state index contributed by atoms with van der Waals surface area (Å²) in [6.45, 7) is 3.66. The van der Waals surface area contributed by atoms with Gasteiger partial charge in [-0.05, 0) is 30.2 Å². The Hall–Kier alpha value is -2.27. The van der Waals surface area contributed by atoms with E-state index in [9.17, 15) is 4.79 Å². The minimum absolute atomic E-state index is 0.393. The summed E-state index contributed by atoms with van der Waals surface area (Å²) in [5.41, 5.74) is 0.586. The molecular weight excluding hydrogens is 224 g/mol. The lowest BCUT2D eigenvalue weighted by Gasteiger charge is -2.21. The van der Waals surface area contributed by atoms with Gasteiger partial charge in [-0.1, -0.05) is 36.8 Å². The number of benzene rings is 1. The van der Waals surface area contributed by atoms with Crippen molar-refractivity contribution in [3.63, 3.8) is 0 Å². The summed E-state index contributed by atoms with van der Waals surface area (Å²) in [6.07, 6.45) is 12.4. The second-order valence-electron chi connectivity index (χ2n) is 4.19. The van der Waals surface area contributed by atoms with Crippen molar-refractivity contribution in [1.29, 1.82) is 0 Å². The zero-order chi connectivity index (χ0) is 13.0. The van der Waals surface area contributed by atoms with Crippen LogP contribution in [0, 0.1) is 12.3 Å². The molecule has 0 bridgehead atoms. The first-order valence-corrected chi connectivity index (χ1v) is 5.80. The summed E-state index contributed by atoms with van der Waals surface area (Å²) in [4.78, 5) is 12.0. The summed E-state index contributed by atoms with van der Waals surface area (Å²) in [6, 6.07) is 7.05. The van der Waals surface area contributed by atoms with Crippen molar-refractivity contribution < 1.29 is 9.53 Å². The van der Waals surface area contributed by atoms with E-state index in [1.165, 1.54) is 0 Å². The van der Waals surface area contributed by atoms with Crippen molar-refractivity contribution in [2.45, 2.75) is 18.4 Å². The van der Waals surface area contributed by atoms with E-state index in [2.05, 4.69) is 12.5 Å². The molecule has 0 saturated carbocycles. The minimum Gasteiger partial charge on any atom is -0.438 e. The average Bonchev–Trinajstić information content (AvgIpc) is 2.88. The molecule has 0 amide bonds. The normalized spacial score (nSPS) is 21.3. The molecule has 1 aliphatic rings. The summed E-state index contributed by atoms with van der Waals surface area (Å²) in [5, 5.41) is 0. The maximum absolute atomic E-state index is 12.0. The average molecular weight is 238 g/mol. The molecule has 1 aromatic carbocycles. The molecule has 90 valence electrons. The Balaban J connectivity index is 2.14. The van der Waals surface area contributed by atoms with E-state index < -0.39 is 11.6 Å². The predicted octanol–water partition coefficient (Wildman–Crippen LogP) is 3.21. The maximum Gasteiger partial charge on any atom is 0.339 e. The zero-order valence-corrected chi connectivity index (χ0v) is 10.1.